The first-order valence-corrected chi connectivity index (χ1v) is 12.5. The standard InChI is InChI=1S/C32H30O7/c1-4-30(33)37-17-5-16-36-28-13-11-23(12-14-28)31(39-35)26-9-7-25-20-27(10-8-24(25)19-26)32(34)38-29-15-6-21(2)18-22(29)3/h4,6-15,18-20,31,35H,1,5,16-17H2,2-3H3. The van der Waals surface area contributed by atoms with Crippen molar-refractivity contribution in [3.63, 3.8) is 0 Å². The van der Waals surface area contributed by atoms with Gasteiger partial charge in [0, 0.05) is 12.5 Å². The van der Waals surface area contributed by atoms with Crippen LogP contribution < -0.4 is 9.47 Å². The highest BCUT2D eigenvalue weighted by atomic mass is 17.1. The number of rotatable bonds is 11. The molecule has 0 fully saturated rings. The Balaban J connectivity index is 1.42. The lowest BCUT2D eigenvalue weighted by Crippen LogP contribution is -2.09. The summed E-state index contributed by atoms with van der Waals surface area (Å²) in [6, 6.07) is 23.8. The minimum absolute atomic E-state index is 0.250. The molecule has 4 aromatic rings. The second-order valence-electron chi connectivity index (χ2n) is 9.11. The molecule has 0 aliphatic carbocycles. The van der Waals surface area contributed by atoms with Crippen molar-refractivity contribution in [2.45, 2.75) is 26.4 Å². The molecule has 1 N–H and O–H groups in total. The number of carbonyl (C=O) groups is 2. The monoisotopic (exact) mass is 526 g/mol. The number of carbonyl (C=O) groups excluding carboxylic acids is 2. The summed E-state index contributed by atoms with van der Waals surface area (Å²) in [5.74, 6) is 0.294. The van der Waals surface area contributed by atoms with Crippen LogP contribution in [0.2, 0.25) is 0 Å². The van der Waals surface area contributed by atoms with Gasteiger partial charge in [-0.05, 0) is 77.7 Å². The van der Waals surface area contributed by atoms with Gasteiger partial charge in [0.05, 0.1) is 18.8 Å². The summed E-state index contributed by atoms with van der Waals surface area (Å²) >= 11 is 0. The summed E-state index contributed by atoms with van der Waals surface area (Å²) in [5, 5.41) is 11.4. The van der Waals surface area contributed by atoms with Crippen LogP contribution in [0.25, 0.3) is 10.8 Å². The van der Waals surface area contributed by atoms with Gasteiger partial charge in [0.2, 0.25) is 0 Å². The average molecular weight is 527 g/mol. The quantitative estimate of drug-likeness (QED) is 0.0577. The van der Waals surface area contributed by atoms with Gasteiger partial charge < -0.3 is 14.2 Å². The van der Waals surface area contributed by atoms with Crippen LogP contribution in [0.4, 0.5) is 0 Å². The van der Waals surface area contributed by atoms with Gasteiger partial charge >= 0.3 is 11.9 Å². The lowest BCUT2D eigenvalue weighted by atomic mass is 9.97. The van der Waals surface area contributed by atoms with Gasteiger partial charge in [-0.2, -0.15) is 0 Å². The first kappa shape index (κ1) is 27.6. The van der Waals surface area contributed by atoms with Gasteiger partial charge in [0.25, 0.3) is 0 Å². The molecule has 1 unspecified atom stereocenters. The maximum atomic E-state index is 12.8. The SMILES string of the molecule is C=CC(=O)OCCCOc1ccc(C(OO)c2ccc3cc(C(=O)Oc4ccc(C)cc4C)ccc3c2)cc1. The van der Waals surface area contributed by atoms with Crippen molar-refractivity contribution in [2.24, 2.45) is 0 Å². The molecule has 4 aromatic carbocycles. The topological polar surface area (TPSA) is 91.3 Å². The van der Waals surface area contributed by atoms with Crippen LogP contribution in [0.15, 0.2) is 91.5 Å². The molecule has 0 aliphatic heterocycles. The van der Waals surface area contributed by atoms with Crippen molar-refractivity contribution < 1.29 is 33.9 Å². The minimum atomic E-state index is -0.712. The predicted molar refractivity (Wildman–Crippen MR) is 148 cm³/mol. The summed E-state index contributed by atoms with van der Waals surface area (Å²) < 4.78 is 16.2. The van der Waals surface area contributed by atoms with Crippen molar-refractivity contribution in [2.75, 3.05) is 13.2 Å². The maximum Gasteiger partial charge on any atom is 0.343 e. The van der Waals surface area contributed by atoms with Crippen LogP contribution in [0.5, 0.6) is 11.5 Å². The second kappa shape index (κ2) is 12.9. The Morgan fingerprint density at radius 1 is 0.872 bits per heavy atom. The molecule has 0 amide bonds. The zero-order chi connectivity index (χ0) is 27.8. The number of ether oxygens (including phenoxy) is 3. The zero-order valence-corrected chi connectivity index (χ0v) is 21.9. The largest absolute Gasteiger partial charge is 0.493 e. The first-order chi connectivity index (χ1) is 18.9. The number of hydrogen-bond donors (Lipinski definition) is 1. The molecular weight excluding hydrogens is 496 g/mol. The van der Waals surface area contributed by atoms with E-state index in [0.29, 0.717) is 30.1 Å². The van der Waals surface area contributed by atoms with Gasteiger partial charge in [-0.15, -0.1) is 0 Å². The van der Waals surface area contributed by atoms with Crippen LogP contribution in [-0.2, 0) is 14.4 Å². The molecule has 200 valence electrons. The summed E-state index contributed by atoms with van der Waals surface area (Å²) in [4.78, 5) is 28.6. The molecule has 0 bridgehead atoms. The van der Waals surface area contributed by atoms with E-state index in [4.69, 9.17) is 19.1 Å². The van der Waals surface area contributed by atoms with Crippen molar-refractivity contribution in [1.29, 1.82) is 0 Å². The molecule has 39 heavy (non-hydrogen) atoms. The molecule has 7 nitrogen and oxygen atoms in total. The predicted octanol–water partition coefficient (Wildman–Crippen LogP) is 6.75. The third kappa shape index (κ3) is 7.10. The minimum Gasteiger partial charge on any atom is -0.493 e. The van der Waals surface area contributed by atoms with E-state index in [1.54, 1.807) is 30.3 Å². The lowest BCUT2D eigenvalue weighted by Gasteiger charge is -2.16. The van der Waals surface area contributed by atoms with E-state index in [-0.39, 0.29) is 6.61 Å². The third-order valence-electron chi connectivity index (χ3n) is 6.19. The Kier molecular flexibility index (Phi) is 9.10. The van der Waals surface area contributed by atoms with Crippen molar-refractivity contribution in [1.82, 2.24) is 0 Å². The summed E-state index contributed by atoms with van der Waals surface area (Å²) in [7, 11) is 0. The average Bonchev–Trinajstić information content (AvgIpc) is 2.95. The Morgan fingerprint density at radius 2 is 1.59 bits per heavy atom. The highest BCUT2D eigenvalue weighted by Gasteiger charge is 2.17. The molecule has 7 heteroatoms. The van der Waals surface area contributed by atoms with E-state index in [0.717, 1.165) is 39.1 Å². The number of aryl methyl sites for hydroxylation is 2. The van der Waals surface area contributed by atoms with Crippen molar-refractivity contribution >= 4 is 22.7 Å². The van der Waals surface area contributed by atoms with Crippen LogP contribution in [0, 0.1) is 13.8 Å². The molecule has 0 saturated carbocycles. The Bertz CT molecular complexity index is 1470. The first-order valence-electron chi connectivity index (χ1n) is 12.5. The highest BCUT2D eigenvalue weighted by Crippen LogP contribution is 2.30. The second-order valence-corrected chi connectivity index (χ2v) is 9.11. The van der Waals surface area contributed by atoms with Gasteiger partial charge in [-0.3, -0.25) is 5.26 Å². The summed E-state index contributed by atoms with van der Waals surface area (Å²) in [6.45, 7) is 7.88. The van der Waals surface area contributed by atoms with Gasteiger partial charge in [0.15, 0.2) is 0 Å². The van der Waals surface area contributed by atoms with Crippen LogP contribution in [0.1, 0.15) is 45.1 Å². The molecular formula is C32H30O7. The molecule has 4 rings (SSSR count). The third-order valence-corrected chi connectivity index (χ3v) is 6.19. The normalized spacial score (nSPS) is 11.6. The highest BCUT2D eigenvalue weighted by molar-refractivity contribution is 5.96. The van der Waals surface area contributed by atoms with Gasteiger partial charge in [-0.25, -0.2) is 14.5 Å². The van der Waals surface area contributed by atoms with Crippen LogP contribution in [-0.4, -0.2) is 30.4 Å². The van der Waals surface area contributed by atoms with Gasteiger partial charge in [0.1, 0.15) is 17.6 Å². The fraction of sp³-hybridized carbons (Fsp3) is 0.188. The molecule has 0 saturated heterocycles. The Labute approximate surface area is 227 Å². The van der Waals surface area contributed by atoms with E-state index in [2.05, 4.69) is 6.58 Å². The number of esters is 2. The smallest absolute Gasteiger partial charge is 0.343 e. The Hall–Kier alpha value is -4.46. The number of benzene rings is 4. The van der Waals surface area contributed by atoms with Gasteiger partial charge in [-0.1, -0.05) is 54.6 Å². The van der Waals surface area contributed by atoms with E-state index < -0.39 is 18.0 Å². The van der Waals surface area contributed by atoms with E-state index in [1.807, 2.05) is 62.4 Å². The number of hydrogen-bond acceptors (Lipinski definition) is 7. The molecule has 0 radical (unpaired) electrons. The fourth-order valence-electron chi connectivity index (χ4n) is 4.16. The summed E-state index contributed by atoms with van der Waals surface area (Å²) in [6.07, 6.45) is 0.957. The number of fused-ring (bicyclic) bond motifs is 1. The van der Waals surface area contributed by atoms with Crippen LogP contribution in [0.3, 0.4) is 0 Å². The zero-order valence-electron chi connectivity index (χ0n) is 21.9. The van der Waals surface area contributed by atoms with E-state index in [1.165, 1.54) is 0 Å². The molecule has 0 spiro atoms. The maximum absolute atomic E-state index is 12.8. The van der Waals surface area contributed by atoms with Crippen molar-refractivity contribution in [3.8, 4) is 11.5 Å². The molecule has 0 heterocycles. The van der Waals surface area contributed by atoms with Crippen molar-refractivity contribution in [3.05, 3.63) is 119 Å². The lowest BCUT2D eigenvalue weighted by molar-refractivity contribution is -0.270. The Morgan fingerprint density at radius 3 is 2.31 bits per heavy atom. The summed E-state index contributed by atoms with van der Waals surface area (Å²) in [5.41, 5.74) is 3.92. The van der Waals surface area contributed by atoms with Crippen LogP contribution >= 0.6 is 0 Å². The van der Waals surface area contributed by atoms with E-state index >= 15 is 0 Å². The fourth-order valence-corrected chi connectivity index (χ4v) is 4.16. The molecule has 1 atom stereocenters. The molecule has 0 aliphatic rings. The van der Waals surface area contributed by atoms with E-state index in [9.17, 15) is 14.8 Å². The molecule has 0 aromatic heterocycles.